The molecule has 0 aromatic heterocycles. The highest BCUT2D eigenvalue weighted by Gasteiger charge is 2.08. The van der Waals surface area contributed by atoms with E-state index in [1.165, 1.54) is 7.28 Å². The predicted molar refractivity (Wildman–Crippen MR) is 44.5 cm³/mol. The maximum absolute atomic E-state index is 9.10. The molecule has 2 unspecified atom stereocenters. The third-order valence-electron chi connectivity index (χ3n) is 1.20. The second-order valence-corrected chi connectivity index (χ2v) is 2.43. The van der Waals surface area contributed by atoms with E-state index < -0.39 is 12.0 Å². The van der Waals surface area contributed by atoms with Crippen molar-refractivity contribution in [2.75, 3.05) is 0 Å². The topological polar surface area (TPSA) is 40.5 Å². The summed E-state index contributed by atoms with van der Waals surface area (Å²) in [7, 11) is 3.51. The van der Waals surface area contributed by atoms with Crippen LogP contribution in [-0.2, 0) is 0 Å². The molecular formula is C6H14B2O2. The number of hydrogen-bond donors (Lipinski definition) is 2. The molecule has 0 spiro atoms. The average molecular weight is 140 g/mol. The molecule has 4 heteroatoms. The van der Waals surface area contributed by atoms with Gasteiger partial charge in [-0.3, -0.25) is 0 Å². The highest BCUT2D eigenvalue weighted by Crippen LogP contribution is 1.93. The fraction of sp³-hybridized carbons (Fsp3) is 1.00. The first kappa shape index (κ1) is 10.0. The number of aliphatic hydroxyl groups excluding tert-OH is 2. The second kappa shape index (κ2) is 5.81. The molecule has 0 amide bonds. The molecule has 0 bridgehead atoms. The Morgan fingerprint density at radius 1 is 1.40 bits per heavy atom. The van der Waals surface area contributed by atoms with Gasteiger partial charge in [-0.1, -0.05) is 19.6 Å². The van der Waals surface area contributed by atoms with E-state index in [4.69, 9.17) is 10.2 Å². The molecule has 0 aromatic rings. The zero-order chi connectivity index (χ0) is 7.98. The fourth-order valence-corrected chi connectivity index (χ4v) is 0.737. The molecule has 0 aliphatic rings. The second-order valence-electron chi connectivity index (χ2n) is 2.43. The van der Waals surface area contributed by atoms with E-state index in [0.717, 1.165) is 6.32 Å². The molecule has 2 nitrogen and oxygen atoms in total. The van der Waals surface area contributed by atoms with Crippen LogP contribution in [0.4, 0.5) is 0 Å². The predicted octanol–water partition coefficient (Wildman–Crippen LogP) is -0.0920. The molecule has 0 rings (SSSR count). The van der Waals surface area contributed by atoms with Crippen molar-refractivity contribution < 1.29 is 10.2 Å². The summed E-state index contributed by atoms with van der Waals surface area (Å²) >= 11 is 0. The van der Waals surface area contributed by atoms with Gasteiger partial charge in [-0.05, 0) is 6.92 Å². The Morgan fingerprint density at radius 2 is 2.00 bits per heavy atom. The SMILES string of the molecule is CC[B]CC(O)[B]C(C)O. The molecule has 10 heavy (non-hydrogen) atoms. The van der Waals surface area contributed by atoms with Gasteiger partial charge in [0, 0.05) is 12.0 Å². The minimum Gasteiger partial charge on any atom is -0.403 e. The van der Waals surface area contributed by atoms with E-state index in [0.29, 0.717) is 6.32 Å². The normalized spacial score (nSPS) is 16.0. The summed E-state index contributed by atoms with van der Waals surface area (Å²) in [6, 6.07) is -1.000. The van der Waals surface area contributed by atoms with Crippen molar-refractivity contribution in [2.45, 2.75) is 38.5 Å². The third-order valence-corrected chi connectivity index (χ3v) is 1.20. The lowest BCUT2D eigenvalue weighted by atomic mass is 9.57. The number of aliphatic hydroxyl groups is 2. The Labute approximate surface area is 64.1 Å². The van der Waals surface area contributed by atoms with Gasteiger partial charge in [0.05, 0.1) is 0 Å². The van der Waals surface area contributed by atoms with E-state index >= 15 is 0 Å². The third kappa shape index (κ3) is 6.17. The van der Waals surface area contributed by atoms with Crippen molar-refractivity contribution in [1.82, 2.24) is 0 Å². The summed E-state index contributed by atoms with van der Waals surface area (Å²) in [5.74, 6) is 0. The van der Waals surface area contributed by atoms with Crippen molar-refractivity contribution in [2.24, 2.45) is 0 Å². The molecule has 0 aliphatic heterocycles. The molecule has 0 aromatic carbocycles. The van der Waals surface area contributed by atoms with Gasteiger partial charge < -0.3 is 10.2 Å². The summed E-state index contributed by atoms with van der Waals surface area (Å²) in [6.45, 7) is 3.66. The van der Waals surface area contributed by atoms with Gasteiger partial charge in [0.25, 0.3) is 0 Å². The first-order valence-corrected chi connectivity index (χ1v) is 3.69. The Balaban J connectivity index is 3.16. The van der Waals surface area contributed by atoms with Crippen LogP contribution in [0.2, 0.25) is 12.6 Å². The van der Waals surface area contributed by atoms with Gasteiger partial charge in [-0.25, -0.2) is 0 Å². The van der Waals surface area contributed by atoms with Crippen LogP contribution in [0.15, 0.2) is 0 Å². The minimum atomic E-state index is -0.514. The monoisotopic (exact) mass is 140 g/mol. The molecule has 0 saturated carbocycles. The molecule has 0 fully saturated rings. The largest absolute Gasteiger partial charge is 0.403 e. The fourth-order valence-electron chi connectivity index (χ4n) is 0.737. The lowest BCUT2D eigenvalue weighted by molar-refractivity contribution is 0.234. The molecule has 0 aliphatic carbocycles. The lowest BCUT2D eigenvalue weighted by Gasteiger charge is -2.08. The molecule has 56 valence electrons. The molecule has 2 radical (unpaired) electrons. The minimum absolute atomic E-state index is 0.486. The summed E-state index contributed by atoms with van der Waals surface area (Å²) in [5.41, 5.74) is 0. The number of rotatable bonds is 5. The summed E-state index contributed by atoms with van der Waals surface area (Å²) in [4.78, 5) is 0. The Hall–Kier alpha value is 0.0499. The summed E-state index contributed by atoms with van der Waals surface area (Å²) in [5, 5.41) is 17.9. The van der Waals surface area contributed by atoms with Crippen LogP contribution < -0.4 is 0 Å². The van der Waals surface area contributed by atoms with E-state index in [1.807, 2.05) is 14.2 Å². The quantitative estimate of drug-likeness (QED) is 0.523. The molecular weight excluding hydrogens is 126 g/mol. The van der Waals surface area contributed by atoms with Crippen molar-refractivity contribution in [3.8, 4) is 0 Å². The first-order valence-electron chi connectivity index (χ1n) is 3.69. The van der Waals surface area contributed by atoms with Gasteiger partial charge in [0.2, 0.25) is 0 Å². The zero-order valence-corrected chi connectivity index (χ0v) is 6.62. The van der Waals surface area contributed by atoms with Crippen LogP contribution >= 0.6 is 0 Å². The van der Waals surface area contributed by atoms with E-state index in [1.54, 1.807) is 6.92 Å². The van der Waals surface area contributed by atoms with Crippen LogP contribution in [0, 0.1) is 0 Å². The Bertz CT molecular complexity index is 78.1. The van der Waals surface area contributed by atoms with Gasteiger partial charge in [-0.15, -0.1) is 0 Å². The van der Waals surface area contributed by atoms with Crippen LogP contribution in [0.5, 0.6) is 0 Å². The van der Waals surface area contributed by atoms with E-state index in [9.17, 15) is 0 Å². The maximum atomic E-state index is 9.10. The average Bonchev–Trinajstić information content (AvgIpc) is 1.82. The highest BCUT2D eigenvalue weighted by molar-refractivity contribution is 6.44. The molecule has 2 atom stereocenters. The van der Waals surface area contributed by atoms with Gasteiger partial charge >= 0.3 is 0 Å². The van der Waals surface area contributed by atoms with Gasteiger partial charge in [0.1, 0.15) is 7.28 Å². The summed E-state index contributed by atoms with van der Waals surface area (Å²) < 4.78 is 0. The van der Waals surface area contributed by atoms with E-state index in [2.05, 4.69) is 0 Å². The van der Waals surface area contributed by atoms with E-state index in [-0.39, 0.29) is 0 Å². The first-order chi connectivity index (χ1) is 4.66. The standard InChI is InChI=1S/C6H14B2O2/c1-3-7-4-6(10)8-5(2)9/h5-6,9-10H,3-4H2,1-2H3. The van der Waals surface area contributed by atoms with Crippen molar-refractivity contribution >= 4 is 14.6 Å². The van der Waals surface area contributed by atoms with Crippen molar-refractivity contribution in [1.29, 1.82) is 0 Å². The smallest absolute Gasteiger partial charge is 0.186 e. The zero-order valence-electron chi connectivity index (χ0n) is 6.62. The van der Waals surface area contributed by atoms with Gasteiger partial charge in [0.15, 0.2) is 7.28 Å². The summed E-state index contributed by atoms with van der Waals surface area (Å²) in [6.07, 6.45) is 1.60. The molecule has 0 saturated heterocycles. The van der Waals surface area contributed by atoms with Crippen molar-refractivity contribution in [3.63, 3.8) is 0 Å². The molecule has 2 N–H and O–H groups in total. The van der Waals surface area contributed by atoms with Crippen LogP contribution in [0.1, 0.15) is 13.8 Å². The number of hydrogen-bond acceptors (Lipinski definition) is 2. The van der Waals surface area contributed by atoms with Crippen LogP contribution in [0.3, 0.4) is 0 Å². The Morgan fingerprint density at radius 3 is 2.40 bits per heavy atom. The maximum Gasteiger partial charge on any atom is 0.186 e. The van der Waals surface area contributed by atoms with Crippen molar-refractivity contribution in [3.05, 3.63) is 0 Å². The van der Waals surface area contributed by atoms with Crippen LogP contribution in [0.25, 0.3) is 0 Å². The highest BCUT2D eigenvalue weighted by atomic mass is 16.3. The Kier molecular flexibility index (Phi) is 5.84. The van der Waals surface area contributed by atoms with Crippen LogP contribution in [-0.4, -0.2) is 36.8 Å². The lowest BCUT2D eigenvalue weighted by Crippen LogP contribution is -2.27. The molecule has 0 heterocycles. The van der Waals surface area contributed by atoms with Gasteiger partial charge in [-0.2, -0.15) is 0 Å².